The van der Waals surface area contributed by atoms with E-state index in [2.05, 4.69) is 0 Å². The average Bonchev–Trinajstić information content (AvgIpc) is 2.61. The number of hydrogen-bond acceptors (Lipinski definition) is 2. The van der Waals surface area contributed by atoms with E-state index in [0.29, 0.717) is 6.54 Å². The first-order valence-electron chi connectivity index (χ1n) is 4.04. The van der Waals surface area contributed by atoms with Crippen molar-refractivity contribution in [3.63, 3.8) is 0 Å². The van der Waals surface area contributed by atoms with Gasteiger partial charge in [-0.15, -0.1) is 0 Å². The summed E-state index contributed by atoms with van der Waals surface area (Å²) in [7, 11) is 0. The van der Waals surface area contributed by atoms with Crippen LogP contribution < -0.4 is 5.56 Å². The van der Waals surface area contributed by atoms with Crippen LogP contribution in [-0.2, 0) is 6.54 Å². The molecule has 0 aliphatic rings. The van der Waals surface area contributed by atoms with Crippen molar-refractivity contribution < 1.29 is 4.42 Å². The molecule has 0 saturated carbocycles. The highest BCUT2D eigenvalue weighted by molar-refractivity contribution is 5.01. The van der Waals surface area contributed by atoms with Crippen molar-refractivity contribution in [2.24, 2.45) is 0 Å². The Morgan fingerprint density at radius 1 is 1.23 bits per heavy atom. The van der Waals surface area contributed by atoms with E-state index in [-0.39, 0.29) is 5.56 Å². The fourth-order valence-electron chi connectivity index (χ4n) is 1.16. The van der Waals surface area contributed by atoms with Gasteiger partial charge in [-0.1, -0.05) is 6.07 Å². The van der Waals surface area contributed by atoms with Gasteiger partial charge >= 0.3 is 0 Å². The van der Waals surface area contributed by atoms with Gasteiger partial charge in [-0.3, -0.25) is 4.79 Å². The Morgan fingerprint density at radius 2 is 2.15 bits per heavy atom. The fraction of sp³-hybridized carbons (Fsp3) is 0.100. The molecule has 0 fully saturated rings. The predicted molar refractivity (Wildman–Crippen MR) is 48.5 cm³/mol. The number of pyridine rings is 1. The van der Waals surface area contributed by atoms with Crippen LogP contribution in [0.15, 0.2) is 52.0 Å². The Morgan fingerprint density at radius 3 is 2.85 bits per heavy atom. The third-order valence-electron chi connectivity index (χ3n) is 1.81. The summed E-state index contributed by atoms with van der Waals surface area (Å²) in [5, 5.41) is 0. The molecule has 0 unspecified atom stereocenters. The summed E-state index contributed by atoms with van der Waals surface area (Å²) in [6.45, 7) is 0.493. The van der Waals surface area contributed by atoms with Crippen molar-refractivity contribution in [1.82, 2.24) is 4.57 Å². The van der Waals surface area contributed by atoms with Crippen LogP contribution in [0.3, 0.4) is 0 Å². The molecule has 3 nitrogen and oxygen atoms in total. The van der Waals surface area contributed by atoms with Crippen molar-refractivity contribution in [2.75, 3.05) is 0 Å². The van der Waals surface area contributed by atoms with E-state index in [1.807, 2.05) is 18.2 Å². The molecule has 0 bridgehead atoms. The largest absolute Gasteiger partial charge is 0.467 e. The molecule has 2 aromatic heterocycles. The monoisotopic (exact) mass is 175 g/mol. The average molecular weight is 175 g/mol. The van der Waals surface area contributed by atoms with Crippen LogP contribution in [0.4, 0.5) is 0 Å². The summed E-state index contributed by atoms with van der Waals surface area (Å²) >= 11 is 0. The second kappa shape index (κ2) is 3.31. The predicted octanol–water partition coefficient (Wildman–Crippen LogP) is 1.49. The Hall–Kier alpha value is -1.77. The lowest BCUT2D eigenvalue weighted by Crippen LogP contribution is -2.17. The van der Waals surface area contributed by atoms with Gasteiger partial charge in [0.1, 0.15) is 5.76 Å². The Balaban J connectivity index is 2.29. The van der Waals surface area contributed by atoms with Crippen molar-refractivity contribution in [1.29, 1.82) is 0 Å². The van der Waals surface area contributed by atoms with Gasteiger partial charge in [-0.05, 0) is 18.2 Å². The van der Waals surface area contributed by atoms with Crippen LogP contribution in [0.5, 0.6) is 0 Å². The first-order valence-corrected chi connectivity index (χ1v) is 4.04. The van der Waals surface area contributed by atoms with Crippen LogP contribution in [0.25, 0.3) is 0 Å². The van der Waals surface area contributed by atoms with Gasteiger partial charge in [-0.25, -0.2) is 0 Å². The van der Waals surface area contributed by atoms with E-state index < -0.39 is 0 Å². The molecule has 2 aromatic rings. The minimum absolute atomic E-state index is 0.0149. The zero-order valence-electron chi connectivity index (χ0n) is 7.01. The van der Waals surface area contributed by atoms with Crippen LogP contribution in [0.1, 0.15) is 5.76 Å². The van der Waals surface area contributed by atoms with Gasteiger partial charge in [0, 0.05) is 12.3 Å². The molecule has 0 aliphatic heterocycles. The van der Waals surface area contributed by atoms with Gasteiger partial charge in [0.2, 0.25) is 0 Å². The Bertz CT molecular complexity index is 428. The number of furan rings is 1. The summed E-state index contributed by atoms with van der Waals surface area (Å²) < 4.78 is 6.73. The van der Waals surface area contributed by atoms with Gasteiger partial charge in [0.05, 0.1) is 12.8 Å². The normalized spacial score (nSPS) is 10.2. The highest BCUT2D eigenvalue weighted by Gasteiger charge is 1.97. The minimum Gasteiger partial charge on any atom is -0.467 e. The minimum atomic E-state index is -0.0149. The summed E-state index contributed by atoms with van der Waals surface area (Å²) in [6.07, 6.45) is 3.34. The lowest BCUT2D eigenvalue weighted by Gasteiger charge is -2.00. The molecule has 3 heteroatoms. The van der Waals surface area contributed by atoms with Crippen LogP contribution in [-0.4, -0.2) is 4.57 Å². The first kappa shape index (κ1) is 7.86. The third kappa shape index (κ3) is 1.69. The molecular weight excluding hydrogens is 166 g/mol. The van der Waals surface area contributed by atoms with Gasteiger partial charge in [0.15, 0.2) is 0 Å². The van der Waals surface area contributed by atoms with Crippen molar-refractivity contribution in [3.05, 3.63) is 58.9 Å². The van der Waals surface area contributed by atoms with E-state index in [1.165, 1.54) is 6.07 Å². The lowest BCUT2D eigenvalue weighted by molar-refractivity contribution is 0.490. The molecule has 66 valence electrons. The molecule has 0 atom stereocenters. The number of aromatic nitrogens is 1. The number of hydrogen-bond donors (Lipinski definition) is 0. The second-order valence-electron chi connectivity index (χ2n) is 2.75. The van der Waals surface area contributed by atoms with E-state index in [4.69, 9.17) is 4.42 Å². The SMILES string of the molecule is O=c1ccccn1Cc1ccco1. The fourth-order valence-corrected chi connectivity index (χ4v) is 1.16. The standard InChI is InChI=1S/C10H9NO2/c12-10-5-1-2-6-11(10)8-9-4-3-7-13-9/h1-7H,8H2. The molecule has 0 amide bonds. The molecule has 0 spiro atoms. The molecule has 0 N–H and O–H groups in total. The first-order chi connectivity index (χ1) is 6.36. The van der Waals surface area contributed by atoms with Crippen LogP contribution >= 0.6 is 0 Å². The van der Waals surface area contributed by atoms with Gasteiger partial charge in [-0.2, -0.15) is 0 Å². The topological polar surface area (TPSA) is 35.1 Å². The summed E-state index contributed by atoms with van der Waals surface area (Å²) in [5.41, 5.74) is -0.0149. The van der Waals surface area contributed by atoms with Gasteiger partial charge in [0.25, 0.3) is 5.56 Å². The highest BCUT2D eigenvalue weighted by atomic mass is 16.3. The maximum atomic E-state index is 11.3. The van der Waals surface area contributed by atoms with Crippen LogP contribution in [0, 0.1) is 0 Å². The molecule has 0 aromatic carbocycles. The van der Waals surface area contributed by atoms with E-state index >= 15 is 0 Å². The summed E-state index contributed by atoms with van der Waals surface area (Å²) in [6, 6.07) is 8.73. The molecule has 0 aliphatic carbocycles. The number of rotatable bonds is 2. The maximum absolute atomic E-state index is 11.3. The molecule has 2 heterocycles. The highest BCUT2D eigenvalue weighted by Crippen LogP contribution is 2.00. The van der Waals surface area contributed by atoms with Crippen molar-refractivity contribution >= 4 is 0 Å². The molecular formula is C10H9NO2. The Labute approximate surface area is 75.2 Å². The molecule has 2 rings (SSSR count). The molecule has 0 saturated heterocycles. The van der Waals surface area contributed by atoms with Crippen LogP contribution in [0.2, 0.25) is 0 Å². The quantitative estimate of drug-likeness (QED) is 0.693. The third-order valence-corrected chi connectivity index (χ3v) is 1.81. The van der Waals surface area contributed by atoms with E-state index in [9.17, 15) is 4.79 Å². The molecule has 13 heavy (non-hydrogen) atoms. The second-order valence-corrected chi connectivity index (χ2v) is 2.75. The van der Waals surface area contributed by atoms with Crippen molar-refractivity contribution in [2.45, 2.75) is 6.54 Å². The molecule has 0 radical (unpaired) electrons. The van der Waals surface area contributed by atoms with Gasteiger partial charge < -0.3 is 8.98 Å². The lowest BCUT2D eigenvalue weighted by atomic mass is 10.4. The zero-order valence-corrected chi connectivity index (χ0v) is 7.01. The summed E-state index contributed by atoms with van der Waals surface area (Å²) in [4.78, 5) is 11.3. The van der Waals surface area contributed by atoms with E-state index in [0.717, 1.165) is 5.76 Å². The van der Waals surface area contributed by atoms with E-state index in [1.54, 1.807) is 23.1 Å². The number of nitrogens with zero attached hydrogens (tertiary/aromatic N) is 1. The summed E-state index contributed by atoms with van der Waals surface area (Å²) in [5.74, 6) is 0.785. The maximum Gasteiger partial charge on any atom is 0.250 e. The smallest absolute Gasteiger partial charge is 0.250 e. The zero-order chi connectivity index (χ0) is 9.10. The van der Waals surface area contributed by atoms with Crippen molar-refractivity contribution in [3.8, 4) is 0 Å². The Kier molecular flexibility index (Phi) is 2.00.